The molecule has 1 heterocycles. The predicted molar refractivity (Wildman–Crippen MR) is 147 cm³/mol. The molecule has 0 radical (unpaired) electrons. The van der Waals surface area contributed by atoms with Crippen molar-refractivity contribution in [1.82, 2.24) is 9.97 Å². The smallest absolute Gasteiger partial charge is 0.263 e. The van der Waals surface area contributed by atoms with E-state index in [1.165, 1.54) is 26.4 Å². The van der Waals surface area contributed by atoms with Gasteiger partial charge < -0.3 is 20.5 Å². The lowest BCUT2D eigenvalue weighted by atomic mass is 10.0. The van der Waals surface area contributed by atoms with E-state index in [9.17, 15) is 13.2 Å². The highest BCUT2D eigenvalue weighted by Gasteiger charge is 2.21. The Morgan fingerprint density at radius 3 is 2.16 bits per heavy atom. The minimum atomic E-state index is -4.09. The standard InChI is InChI=1S/C27H29N5O5S/c1-17-8-9-23(13-18(17)12-20(33)10-11-28)38(34,35)32-27-26(30-24-6-4-5-7-25(24)31-27)29-19-14-21(36-2)16-22(15-19)37-3/h4-9,13-16H,10-12,28H2,1-3H3,(H,29,30)(H,31,32). The van der Waals surface area contributed by atoms with Gasteiger partial charge in [-0.2, -0.15) is 0 Å². The third kappa shape index (κ3) is 6.18. The van der Waals surface area contributed by atoms with Crippen molar-refractivity contribution in [1.29, 1.82) is 0 Å². The molecule has 10 nitrogen and oxygen atoms in total. The molecule has 0 saturated heterocycles. The minimum absolute atomic E-state index is 0.00241. The van der Waals surface area contributed by atoms with Gasteiger partial charge in [0.1, 0.15) is 17.3 Å². The molecule has 0 aliphatic carbocycles. The van der Waals surface area contributed by atoms with Crippen LogP contribution in [0.1, 0.15) is 17.5 Å². The van der Waals surface area contributed by atoms with Gasteiger partial charge in [0.05, 0.1) is 30.1 Å². The fourth-order valence-corrected chi connectivity index (χ4v) is 4.89. The number of sulfonamides is 1. The first-order valence-corrected chi connectivity index (χ1v) is 13.3. The summed E-state index contributed by atoms with van der Waals surface area (Å²) in [6, 6.07) is 17.0. The Balaban J connectivity index is 1.73. The Labute approximate surface area is 221 Å². The van der Waals surface area contributed by atoms with E-state index in [2.05, 4.69) is 20.0 Å². The van der Waals surface area contributed by atoms with E-state index in [-0.39, 0.29) is 41.7 Å². The number of para-hydroxylation sites is 2. The topological polar surface area (TPSA) is 146 Å². The lowest BCUT2D eigenvalue weighted by molar-refractivity contribution is -0.118. The summed E-state index contributed by atoms with van der Waals surface area (Å²) in [5, 5.41) is 3.13. The number of anilines is 3. The van der Waals surface area contributed by atoms with Gasteiger partial charge in [0.2, 0.25) is 0 Å². The van der Waals surface area contributed by atoms with Crippen molar-refractivity contribution in [2.24, 2.45) is 5.73 Å². The van der Waals surface area contributed by atoms with E-state index in [0.717, 1.165) is 5.56 Å². The maximum absolute atomic E-state index is 13.5. The maximum Gasteiger partial charge on any atom is 0.263 e. The van der Waals surface area contributed by atoms with Crippen molar-refractivity contribution in [3.63, 3.8) is 0 Å². The number of benzene rings is 3. The molecule has 4 aromatic rings. The van der Waals surface area contributed by atoms with Crippen LogP contribution in [0.3, 0.4) is 0 Å². The number of carbonyl (C=O) groups excluding carboxylic acids is 1. The number of methoxy groups -OCH3 is 2. The summed E-state index contributed by atoms with van der Waals surface area (Å²) in [7, 11) is -1.02. The summed E-state index contributed by atoms with van der Waals surface area (Å²) in [5.74, 6) is 1.22. The van der Waals surface area contributed by atoms with Crippen molar-refractivity contribution < 1.29 is 22.7 Å². The van der Waals surface area contributed by atoms with Crippen molar-refractivity contribution in [2.45, 2.75) is 24.7 Å². The van der Waals surface area contributed by atoms with E-state index in [0.29, 0.717) is 33.8 Å². The molecule has 198 valence electrons. The molecular weight excluding hydrogens is 506 g/mol. The first-order valence-electron chi connectivity index (χ1n) is 11.8. The average Bonchev–Trinajstić information content (AvgIpc) is 2.89. The monoisotopic (exact) mass is 535 g/mol. The van der Waals surface area contributed by atoms with Crippen molar-refractivity contribution >= 4 is 44.2 Å². The molecule has 0 amide bonds. The number of ketones is 1. The van der Waals surface area contributed by atoms with Gasteiger partial charge in [-0.05, 0) is 48.9 Å². The van der Waals surface area contributed by atoms with Crippen LogP contribution in [-0.2, 0) is 21.2 Å². The second kappa shape index (κ2) is 11.4. The van der Waals surface area contributed by atoms with Gasteiger partial charge in [-0.1, -0.05) is 18.2 Å². The Morgan fingerprint density at radius 2 is 1.55 bits per heavy atom. The van der Waals surface area contributed by atoms with Crippen LogP contribution in [-0.4, -0.2) is 44.9 Å². The number of hydrogen-bond acceptors (Lipinski definition) is 9. The van der Waals surface area contributed by atoms with E-state index >= 15 is 0 Å². The predicted octanol–water partition coefficient (Wildman–Crippen LogP) is 3.96. The van der Waals surface area contributed by atoms with Gasteiger partial charge in [0.25, 0.3) is 10.0 Å². The fraction of sp³-hybridized carbons (Fsp3) is 0.222. The zero-order chi connectivity index (χ0) is 27.3. The Morgan fingerprint density at radius 1 is 0.921 bits per heavy atom. The van der Waals surface area contributed by atoms with Crippen LogP contribution in [0.4, 0.5) is 17.3 Å². The highest BCUT2D eigenvalue weighted by atomic mass is 32.2. The number of nitrogens with one attached hydrogen (secondary N) is 2. The molecule has 0 aliphatic rings. The molecule has 38 heavy (non-hydrogen) atoms. The van der Waals surface area contributed by atoms with E-state index < -0.39 is 10.0 Å². The molecule has 11 heteroatoms. The number of carbonyl (C=O) groups is 1. The van der Waals surface area contributed by atoms with E-state index in [1.54, 1.807) is 42.5 Å². The number of hydrogen-bond donors (Lipinski definition) is 3. The number of nitrogens with zero attached hydrogens (tertiary/aromatic N) is 2. The third-order valence-corrected chi connectivity index (χ3v) is 7.19. The molecule has 4 rings (SSSR count). The van der Waals surface area contributed by atoms with Crippen molar-refractivity contribution in [3.8, 4) is 11.5 Å². The third-order valence-electron chi connectivity index (χ3n) is 5.86. The van der Waals surface area contributed by atoms with E-state index in [1.807, 2.05) is 13.0 Å². The zero-order valence-corrected chi connectivity index (χ0v) is 22.1. The van der Waals surface area contributed by atoms with Crippen LogP contribution >= 0.6 is 0 Å². The summed E-state index contributed by atoms with van der Waals surface area (Å²) in [6.07, 6.45) is 0.331. The van der Waals surface area contributed by atoms with Gasteiger partial charge >= 0.3 is 0 Å². The van der Waals surface area contributed by atoms with Crippen molar-refractivity contribution in [3.05, 3.63) is 71.8 Å². The molecule has 1 aromatic heterocycles. The van der Waals surface area contributed by atoms with Crippen LogP contribution in [0.15, 0.2) is 65.6 Å². The Kier molecular flexibility index (Phi) is 8.08. The summed E-state index contributed by atoms with van der Waals surface area (Å²) < 4.78 is 40.2. The second-order valence-electron chi connectivity index (χ2n) is 8.58. The summed E-state index contributed by atoms with van der Waals surface area (Å²) in [5.41, 5.74) is 8.57. The van der Waals surface area contributed by atoms with Gasteiger partial charge in [-0.15, -0.1) is 0 Å². The Bertz CT molecular complexity index is 1570. The number of aryl methyl sites for hydroxylation is 1. The fourth-order valence-electron chi connectivity index (χ4n) is 3.83. The van der Waals surface area contributed by atoms with Crippen LogP contribution in [0.2, 0.25) is 0 Å². The molecule has 4 N–H and O–H groups in total. The van der Waals surface area contributed by atoms with Crippen LogP contribution in [0, 0.1) is 6.92 Å². The van der Waals surface area contributed by atoms with Gasteiger partial charge in [0, 0.05) is 36.7 Å². The molecule has 0 fully saturated rings. The number of fused-ring (bicyclic) bond motifs is 1. The molecule has 0 atom stereocenters. The summed E-state index contributed by atoms with van der Waals surface area (Å²) >= 11 is 0. The van der Waals surface area contributed by atoms with Crippen LogP contribution in [0.5, 0.6) is 11.5 Å². The van der Waals surface area contributed by atoms with Crippen molar-refractivity contribution in [2.75, 3.05) is 30.8 Å². The normalized spacial score (nSPS) is 11.3. The Hall–Kier alpha value is -4.22. The number of rotatable bonds is 11. The van der Waals surface area contributed by atoms with Crippen LogP contribution in [0.25, 0.3) is 11.0 Å². The molecule has 0 saturated carbocycles. The lowest BCUT2D eigenvalue weighted by Gasteiger charge is -2.16. The zero-order valence-electron chi connectivity index (χ0n) is 21.3. The lowest BCUT2D eigenvalue weighted by Crippen LogP contribution is -2.17. The summed E-state index contributed by atoms with van der Waals surface area (Å²) in [4.78, 5) is 21.3. The van der Waals surface area contributed by atoms with Gasteiger partial charge in [-0.25, -0.2) is 18.4 Å². The average molecular weight is 536 g/mol. The number of ether oxygens (including phenoxy) is 2. The SMILES string of the molecule is COc1cc(Nc2nc3ccccc3nc2NS(=O)(=O)c2ccc(C)c(CC(=O)CCN)c2)cc(OC)c1. The van der Waals surface area contributed by atoms with Gasteiger partial charge in [-0.3, -0.25) is 9.52 Å². The highest BCUT2D eigenvalue weighted by Crippen LogP contribution is 2.31. The molecule has 3 aromatic carbocycles. The largest absolute Gasteiger partial charge is 0.497 e. The summed E-state index contributed by atoms with van der Waals surface area (Å²) in [6.45, 7) is 2.07. The number of Topliss-reactive ketones (excluding diaryl/α,β-unsaturated/α-hetero) is 1. The highest BCUT2D eigenvalue weighted by molar-refractivity contribution is 7.92. The molecule has 0 bridgehead atoms. The molecule has 0 aliphatic heterocycles. The first-order chi connectivity index (χ1) is 18.2. The van der Waals surface area contributed by atoms with Crippen LogP contribution < -0.4 is 25.2 Å². The number of nitrogens with two attached hydrogens (primary N) is 1. The molecular formula is C27H29N5O5S. The molecule has 0 spiro atoms. The molecule has 0 unspecified atom stereocenters. The quantitative estimate of drug-likeness (QED) is 0.260. The van der Waals surface area contributed by atoms with Gasteiger partial charge in [0.15, 0.2) is 11.6 Å². The maximum atomic E-state index is 13.5. The first kappa shape index (κ1) is 26.8. The van der Waals surface area contributed by atoms with E-state index in [4.69, 9.17) is 15.2 Å². The number of aromatic nitrogens is 2. The second-order valence-corrected chi connectivity index (χ2v) is 10.3. The minimum Gasteiger partial charge on any atom is -0.497 e.